The Morgan fingerprint density at radius 3 is 2.84 bits per heavy atom. The number of aromatic nitrogens is 1. The number of imide groups is 1. The van der Waals surface area contributed by atoms with Crippen molar-refractivity contribution < 1.29 is 14.4 Å². The first-order valence-corrected chi connectivity index (χ1v) is 5.56. The van der Waals surface area contributed by atoms with E-state index in [1.165, 1.54) is 17.2 Å². The number of carbonyl (C=O) groups is 3. The van der Waals surface area contributed by atoms with Gasteiger partial charge < -0.3 is 16.4 Å². The van der Waals surface area contributed by atoms with Gasteiger partial charge >= 0.3 is 0 Å². The van der Waals surface area contributed by atoms with Gasteiger partial charge in [-0.15, -0.1) is 0 Å². The van der Waals surface area contributed by atoms with Gasteiger partial charge in [0.2, 0.25) is 11.8 Å². The van der Waals surface area contributed by atoms with Crippen LogP contribution in [0, 0.1) is 0 Å². The van der Waals surface area contributed by atoms with Crippen LogP contribution in [0.2, 0.25) is 0 Å². The van der Waals surface area contributed by atoms with Crippen molar-refractivity contribution in [2.45, 2.75) is 13.0 Å². The van der Waals surface area contributed by atoms with Crippen molar-refractivity contribution in [3.8, 4) is 0 Å². The second-order valence-corrected chi connectivity index (χ2v) is 4.21. The molecule has 1 saturated heterocycles. The molecule has 1 aliphatic rings. The molecule has 0 spiro atoms. The maximum Gasteiger partial charge on any atom is 0.250 e. The maximum absolute atomic E-state index is 11.6. The average molecular weight is 263 g/mol. The molecule has 1 unspecified atom stereocenters. The Kier molecular flexibility index (Phi) is 3.07. The molecular weight excluding hydrogens is 250 g/mol. The van der Waals surface area contributed by atoms with Gasteiger partial charge in [-0.2, -0.15) is 0 Å². The first kappa shape index (κ1) is 12.8. The third-order valence-electron chi connectivity index (χ3n) is 2.90. The molecule has 8 heteroatoms. The van der Waals surface area contributed by atoms with Gasteiger partial charge in [-0.25, -0.2) is 4.98 Å². The number of nitrogens with one attached hydrogen (secondary N) is 1. The average Bonchev–Trinajstić information content (AvgIpc) is 2.34. The molecule has 2 heterocycles. The highest BCUT2D eigenvalue weighted by atomic mass is 16.2. The summed E-state index contributed by atoms with van der Waals surface area (Å²) in [6.07, 6.45) is 1.28. The first-order chi connectivity index (χ1) is 8.90. The highest BCUT2D eigenvalue weighted by molar-refractivity contribution is 6.04. The molecule has 1 fully saturated rings. The summed E-state index contributed by atoms with van der Waals surface area (Å²) in [5.41, 5.74) is 11.0. The van der Waals surface area contributed by atoms with Crippen LogP contribution >= 0.6 is 0 Å². The summed E-state index contributed by atoms with van der Waals surface area (Å²) in [6, 6.07) is 0.801. The Bertz CT molecular complexity index is 571. The predicted octanol–water partition coefficient (Wildman–Crippen LogP) is -1.39. The van der Waals surface area contributed by atoms with E-state index in [1.54, 1.807) is 6.92 Å². The summed E-state index contributed by atoms with van der Waals surface area (Å²) in [4.78, 5) is 39.6. The molecule has 19 heavy (non-hydrogen) atoms. The molecule has 0 aromatic carbocycles. The highest BCUT2D eigenvalue weighted by Gasteiger charge is 2.31. The number of rotatable bonds is 2. The van der Waals surface area contributed by atoms with Crippen LogP contribution in [0.15, 0.2) is 12.3 Å². The molecule has 0 radical (unpaired) electrons. The SMILES string of the molecule is CC1C(=O)NC(=O)CN1c1cc(C(N)=O)c(N)cn1. The number of carbonyl (C=O) groups excluding carboxylic acids is 3. The van der Waals surface area contributed by atoms with E-state index in [-0.39, 0.29) is 17.8 Å². The standard InChI is InChI=1S/C11H13N5O3/c1-5-11(19)15-9(17)4-16(5)8-2-6(10(13)18)7(12)3-14-8/h2-3,5H,4,12H2,1H3,(H2,13,18)(H,15,17,19). The minimum absolute atomic E-state index is 0.0258. The van der Waals surface area contributed by atoms with E-state index in [9.17, 15) is 14.4 Å². The molecule has 1 aromatic rings. The van der Waals surface area contributed by atoms with E-state index in [0.29, 0.717) is 5.82 Å². The summed E-state index contributed by atoms with van der Waals surface area (Å²) in [6.45, 7) is 1.60. The quantitative estimate of drug-likeness (QED) is 0.563. The van der Waals surface area contributed by atoms with Crippen molar-refractivity contribution >= 4 is 29.2 Å². The Balaban J connectivity index is 2.40. The molecule has 0 bridgehead atoms. The van der Waals surface area contributed by atoms with E-state index in [1.807, 2.05) is 0 Å². The van der Waals surface area contributed by atoms with Crippen LogP contribution in [0.4, 0.5) is 11.5 Å². The highest BCUT2D eigenvalue weighted by Crippen LogP contribution is 2.20. The van der Waals surface area contributed by atoms with Crippen LogP contribution in [0.25, 0.3) is 0 Å². The fourth-order valence-corrected chi connectivity index (χ4v) is 1.82. The van der Waals surface area contributed by atoms with Gasteiger partial charge in [-0.05, 0) is 13.0 Å². The van der Waals surface area contributed by atoms with Crippen molar-refractivity contribution in [2.24, 2.45) is 5.73 Å². The van der Waals surface area contributed by atoms with Crippen molar-refractivity contribution in [3.05, 3.63) is 17.8 Å². The monoisotopic (exact) mass is 263 g/mol. The maximum atomic E-state index is 11.6. The molecule has 2 rings (SSSR count). The molecule has 100 valence electrons. The number of hydrogen-bond acceptors (Lipinski definition) is 6. The Morgan fingerprint density at radius 2 is 2.21 bits per heavy atom. The number of nitrogens with two attached hydrogens (primary N) is 2. The number of pyridine rings is 1. The van der Waals surface area contributed by atoms with Gasteiger partial charge in [0.15, 0.2) is 0 Å². The van der Waals surface area contributed by atoms with Crippen LogP contribution in [-0.2, 0) is 9.59 Å². The van der Waals surface area contributed by atoms with Gasteiger partial charge in [-0.3, -0.25) is 19.7 Å². The third-order valence-corrected chi connectivity index (χ3v) is 2.90. The Labute approximate surface area is 108 Å². The van der Waals surface area contributed by atoms with Gasteiger partial charge in [0, 0.05) is 0 Å². The van der Waals surface area contributed by atoms with Gasteiger partial charge in [0.05, 0.1) is 24.0 Å². The fraction of sp³-hybridized carbons (Fsp3) is 0.273. The van der Waals surface area contributed by atoms with Crippen molar-refractivity contribution in [1.29, 1.82) is 0 Å². The predicted molar refractivity (Wildman–Crippen MR) is 67.1 cm³/mol. The molecular formula is C11H13N5O3. The number of nitrogen functional groups attached to an aromatic ring is 1. The van der Waals surface area contributed by atoms with Crippen molar-refractivity contribution in [1.82, 2.24) is 10.3 Å². The van der Waals surface area contributed by atoms with Crippen LogP contribution in [0.3, 0.4) is 0 Å². The van der Waals surface area contributed by atoms with E-state index in [0.717, 1.165) is 0 Å². The lowest BCUT2D eigenvalue weighted by Crippen LogP contribution is -2.57. The van der Waals surface area contributed by atoms with E-state index in [4.69, 9.17) is 11.5 Å². The number of nitrogens with zero attached hydrogens (tertiary/aromatic N) is 2. The second-order valence-electron chi connectivity index (χ2n) is 4.21. The number of amides is 3. The number of primary amides is 1. The molecule has 1 atom stereocenters. The topological polar surface area (TPSA) is 131 Å². The zero-order chi connectivity index (χ0) is 14.2. The van der Waals surface area contributed by atoms with Crippen molar-refractivity contribution in [2.75, 3.05) is 17.2 Å². The lowest BCUT2D eigenvalue weighted by molar-refractivity contribution is -0.132. The van der Waals surface area contributed by atoms with E-state index < -0.39 is 23.8 Å². The van der Waals surface area contributed by atoms with Crippen LogP contribution in [0.1, 0.15) is 17.3 Å². The second kappa shape index (κ2) is 4.56. The van der Waals surface area contributed by atoms with Gasteiger partial charge in [0.1, 0.15) is 11.9 Å². The zero-order valence-electron chi connectivity index (χ0n) is 10.2. The summed E-state index contributed by atoms with van der Waals surface area (Å²) < 4.78 is 0. The molecule has 0 aliphatic carbocycles. The lowest BCUT2D eigenvalue weighted by atomic mass is 10.1. The summed E-state index contributed by atoms with van der Waals surface area (Å²) in [5, 5.41) is 2.21. The van der Waals surface area contributed by atoms with Crippen LogP contribution in [0.5, 0.6) is 0 Å². The van der Waals surface area contributed by atoms with Crippen LogP contribution < -0.4 is 21.7 Å². The zero-order valence-corrected chi connectivity index (χ0v) is 10.2. The molecule has 3 amide bonds. The largest absolute Gasteiger partial charge is 0.397 e. The van der Waals surface area contributed by atoms with Crippen LogP contribution in [-0.4, -0.2) is 35.3 Å². The first-order valence-electron chi connectivity index (χ1n) is 5.56. The van der Waals surface area contributed by atoms with E-state index >= 15 is 0 Å². The minimum atomic E-state index is -0.693. The molecule has 1 aliphatic heterocycles. The fourth-order valence-electron chi connectivity index (χ4n) is 1.82. The molecule has 1 aromatic heterocycles. The third kappa shape index (κ3) is 2.32. The lowest BCUT2D eigenvalue weighted by Gasteiger charge is -2.32. The number of piperazine rings is 1. The molecule has 5 N–H and O–H groups in total. The summed E-state index contributed by atoms with van der Waals surface area (Å²) in [7, 11) is 0. The summed E-state index contributed by atoms with van der Waals surface area (Å²) >= 11 is 0. The Morgan fingerprint density at radius 1 is 1.53 bits per heavy atom. The number of hydrogen-bond donors (Lipinski definition) is 3. The minimum Gasteiger partial charge on any atom is -0.397 e. The summed E-state index contributed by atoms with van der Waals surface area (Å²) in [5.74, 6) is -1.24. The molecule has 0 saturated carbocycles. The Hall–Kier alpha value is -2.64. The van der Waals surface area contributed by atoms with Gasteiger partial charge in [0.25, 0.3) is 5.91 Å². The van der Waals surface area contributed by atoms with Gasteiger partial charge in [-0.1, -0.05) is 0 Å². The smallest absolute Gasteiger partial charge is 0.250 e. The van der Waals surface area contributed by atoms with E-state index in [2.05, 4.69) is 10.3 Å². The number of anilines is 2. The normalized spacial score (nSPS) is 19.2. The molecule has 8 nitrogen and oxygen atoms in total. The van der Waals surface area contributed by atoms with Crippen molar-refractivity contribution in [3.63, 3.8) is 0 Å².